The molecule has 0 saturated heterocycles. The lowest BCUT2D eigenvalue weighted by Crippen LogP contribution is -2.34. The summed E-state index contributed by atoms with van der Waals surface area (Å²) in [4.78, 5) is 6.39. The molecule has 0 amide bonds. The second-order valence-electron chi connectivity index (χ2n) is 4.15. The molecule has 18 heavy (non-hydrogen) atoms. The van der Waals surface area contributed by atoms with Crippen molar-refractivity contribution in [1.82, 2.24) is 19.7 Å². The van der Waals surface area contributed by atoms with E-state index in [0.29, 0.717) is 17.1 Å². The van der Waals surface area contributed by atoms with Crippen LogP contribution in [-0.2, 0) is 19.7 Å². The van der Waals surface area contributed by atoms with Gasteiger partial charge in [0.2, 0.25) is 0 Å². The second kappa shape index (κ2) is 4.55. The maximum atomic E-state index is 9.21. The van der Waals surface area contributed by atoms with Crippen LogP contribution < -0.4 is 4.90 Å². The van der Waals surface area contributed by atoms with Crippen molar-refractivity contribution in [2.75, 3.05) is 11.4 Å². The molecule has 2 aromatic heterocycles. The fourth-order valence-electron chi connectivity index (χ4n) is 2.02. The van der Waals surface area contributed by atoms with Crippen LogP contribution in [0.1, 0.15) is 11.4 Å². The van der Waals surface area contributed by atoms with E-state index in [-0.39, 0.29) is 6.61 Å². The Hall–Kier alpha value is -1.66. The molecule has 0 unspecified atom stereocenters. The zero-order chi connectivity index (χ0) is 12.5. The van der Waals surface area contributed by atoms with E-state index < -0.39 is 0 Å². The van der Waals surface area contributed by atoms with Crippen molar-refractivity contribution in [1.29, 1.82) is 0 Å². The Morgan fingerprint density at radius 2 is 2.28 bits per heavy atom. The minimum atomic E-state index is -0.0849. The van der Waals surface area contributed by atoms with Crippen molar-refractivity contribution in [3.8, 4) is 0 Å². The number of anilines is 1. The number of pyridine rings is 1. The van der Waals surface area contributed by atoms with E-state index in [1.165, 1.54) is 0 Å². The molecule has 3 rings (SSSR count). The van der Waals surface area contributed by atoms with Gasteiger partial charge in [-0.3, -0.25) is 0 Å². The Kier molecular flexibility index (Phi) is 2.89. The largest absolute Gasteiger partial charge is 0.392 e. The van der Waals surface area contributed by atoms with Crippen LogP contribution in [0, 0.1) is 0 Å². The van der Waals surface area contributed by atoms with Crippen LogP contribution in [-0.4, -0.2) is 31.4 Å². The van der Waals surface area contributed by atoms with Crippen LogP contribution in [0.3, 0.4) is 0 Å². The number of halogens is 1. The molecule has 6 nitrogen and oxygen atoms in total. The molecule has 0 aromatic carbocycles. The first-order valence-electron chi connectivity index (χ1n) is 5.65. The highest BCUT2D eigenvalue weighted by Gasteiger charge is 2.19. The van der Waals surface area contributed by atoms with Crippen molar-refractivity contribution in [3.63, 3.8) is 0 Å². The summed E-state index contributed by atoms with van der Waals surface area (Å²) < 4.78 is 2.03. The van der Waals surface area contributed by atoms with Gasteiger partial charge in [0, 0.05) is 24.8 Å². The highest BCUT2D eigenvalue weighted by atomic mass is 35.5. The Bertz CT molecular complexity index is 570. The number of aliphatic hydroxyl groups is 1. The fourth-order valence-corrected chi connectivity index (χ4v) is 2.19. The molecule has 0 saturated carbocycles. The molecule has 1 N–H and O–H groups in total. The normalized spacial score (nSPS) is 14.7. The number of aromatic nitrogens is 4. The summed E-state index contributed by atoms with van der Waals surface area (Å²) in [7, 11) is 0. The van der Waals surface area contributed by atoms with Crippen LogP contribution in [0.5, 0.6) is 0 Å². The van der Waals surface area contributed by atoms with Crippen LogP contribution in [0.15, 0.2) is 18.6 Å². The second-order valence-corrected chi connectivity index (χ2v) is 4.56. The molecule has 1 aliphatic rings. The molecular formula is C11H12ClN5O. The lowest BCUT2D eigenvalue weighted by atomic mass is 10.2. The molecule has 2 aromatic rings. The van der Waals surface area contributed by atoms with E-state index in [1.807, 2.05) is 10.6 Å². The van der Waals surface area contributed by atoms with E-state index in [1.54, 1.807) is 12.5 Å². The van der Waals surface area contributed by atoms with Crippen LogP contribution >= 0.6 is 11.6 Å². The van der Waals surface area contributed by atoms with Crippen LogP contribution in [0.4, 0.5) is 5.82 Å². The summed E-state index contributed by atoms with van der Waals surface area (Å²) in [5, 5.41) is 17.6. The third kappa shape index (κ3) is 1.93. The lowest BCUT2D eigenvalue weighted by molar-refractivity contribution is 0.282. The Balaban J connectivity index is 1.88. The van der Waals surface area contributed by atoms with Gasteiger partial charge in [0.15, 0.2) is 5.82 Å². The number of fused-ring (bicyclic) bond motifs is 1. The van der Waals surface area contributed by atoms with Crippen molar-refractivity contribution in [2.45, 2.75) is 19.7 Å². The van der Waals surface area contributed by atoms with Crippen molar-refractivity contribution in [3.05, 3.63) is 35.0 Å². The highest BCUT2D eigenvalue weighted by Crippen LogP contribution is 2.23. The lowest BCUT2D eigenvalue weighted by Gasteiger charge is -2.28. The first-order valence-corrected chi connectivity index (χ1v) is 6.02. The number of hydrogen-bond donors (Lipinski definition) is 1. The third-order valence-electron chi connectivity index (χ3n) is 3.05. The Morgan fingerprint density at radius 1 is 1.39 bits per heavy atom. The molecule has 0 atom stereocenters. The molecule has 3 heterocycles. The maximum Gasteiger partial charge on any atom is 0.152 e. The first kappa shape index (κ1) is 11.4. The molecule has 7 heteroatoms. The number of rotatable bonds is 2. The maximum absolute atomic E-state index is 9.21. The zero-order valence-corrected chi connectivity index (χ0v) is 10.4. The molecule has 0 radical (unpaired) electrons. The molecule has 0 bridgehead atoms. The van der Waals surface area contributed by atoms with E-state index >= 15 is 0 Å². The number of hydrogen-bond acceptors (Lipinski definition) is 5. The molecule has 1 aliphatic heterocycles. The summed E-state index contributed by atoms with van der Waals surface area (Å²) >= 11 is 5.93. The number of nitrogens with zero attached hydrogens (tertiary/aromatic N) is 5. The third-order valence-corrected chi connectivity index (χ3v) is 3.39. The van der Waals surface area contributed by atoms with Crippen molar-refractivity contribution >= 4 is 17.4 Å². The van der Waals surface area contributed by atoms with E-state index in [2.05, 4.69) is 20.1 Å². The summed E-state index contributed by atoms with van der Waals surface area (Å²) in [5.41, 5.74) is 0.689. The molecule has 0 spiro atoms. The van der Waals surface area contributed by atoms with Crippen molar-refractivity contribution < 1.29 is 5.11 Å². The summed E-state index contributed by atoms with van der Waals surface area (Å²) in [5.74, 6) is 1.72. The highest BCUT2D eigenvalue weighted by molar-refractivity contribution is 6.31. The van der Waals surface area contributed by atoms with Gasteiger partial charge in [-0.1, -0.05) is 11.6 Å². The van der Waals surface area contributed by atoms with Gasteiger partial charge in [-0.25, -0.2) is 4.98 Å². The average Bonchev–Trinajstić information content (AvgIpc) is 2.86. The zero-order valence-electron chi connectivity index (χ0n) is 9.62. The standard InChI is InChI=1S/C11H12ClN5O/c12-9-4-13-10(3-8(9)6-18)16-1-2-17-7-14-15-11(17)5-16/h3-4,7,18H,1-2,5-6H2. The van der Waals surface area contributed by atoms with E-state index in [0.717, 1.165) is 24.7 Å². The molecule has 94 valence electrons. The van der Waals surface area contributed by atoms with Gasteiger partial charge in [0.1, 0.15) is 12.1 Å². The minimum Gasteiger partial charge on any atom is -0.392 e. The van der Waals surface area contributed by atoms with Gasteiger partial charge in [-0.05, 0) is 6.07 Å². The molecule has 0 aliphatic carbocycles. The molecule has 0 fully saturated rings. The van der Waals surface area contributed by atoms with E-state index in [9.17, 15) is 5.11 Å². The predicted molar refractivity (Wildman–Crippen MR) is 66.2 cm³/mol. The predicted octanol–water partition coefficient (Wildman–Crippen LogP) is 0.839. The average molecular weight is 266 g/mol. The quantitative estimate of drug-likeness (QED) is 0.872. The van der Waals surface area contributed by atoms with Crippen molar-refractivity contribution in [2.24, 2.45) is 0 Å². The first-order chi connectivity index (χ1) is 8.78. The fraction of sp³-hybridized carbons (Fsp3) is 0.364. The smallest absolute Gasteiger partial charge is 0.152 e. The summed E-state index contributed by atoms with van der Waals surface area (Å²) in [6, 6.07) is 1.81. The minimum absolute atomic E-state index is 0.0849. The van der Waals surface area contributed by atoms with Gasteiger partial charge in [0.05, 0.1) is 18.2 Å². The van der Waals surface area contributed by atoms with Crippen LogP contribution in [0.25, 0.3) is 0 Å². The van der Waals surface area contributed by atoms with Gasteiger partial charge in [-0.2, -0.15) is 0 Å². The molecular weight excluding hydrogens is 254 g/mol. The topological polar surface area (TPSA) is 67.1 Å². The van der Waals surface area contributed by atoms with Gasteiger partial charge in [0.25, 0.3) is 0 Å². The van der Waals surface area contributed by atoms with Gasteiger partial charge in [-0.15, -0.1) is 10.2 Å². The monoisotopic (exact) mass is 265 g/mol. The van der Waals surface area contributed by atoms with Gasteiger partial charge >= 0.3 is 0 Å². The summed E-state index contributed by atoms with van der Waals surface area (Å²) in [6.07, 6.45) is 3.31. The number of aliphatic hydroxyl groups excluding tert-OH is 1. The van der Waals surface area contributed by atoms with E-state index in [4.69, 9.17) is 11.6 Å². The Morgan fingerprint density at radius 3 is 3.11 bits per heavy atom. The summed E-state index contributed by atoms with van der Waals surface area (Å²) in [6.45, 7) is 2.25. The SMILES string of the molecule is OCc1cc(N2CCn3cnnc3C2)ncc1Cl. The van der Waals surface area contributed by atoms with Gasteiger partial charge < -0.3 is 14.6 Å². The van der Waals surface area contributed by atoms with Crippen LogP contribution in [0.2, 0.25) is 5.02 Å². The Labute approximate surface area is 109 Å².